The zero-order valence-corrected chi connectivity index (χ0v) is 10.9. The van der Waals surface area contributed by atoms with Crippen molar-refractivity contribution in [3.8, 4) is 5.75 Å². The maximum Gasteiger partial charge on any atom is 0.126 e. The molecule has 2 nitrogen and oxygen atoms in total. The van der Waals surface area contributed by atoms with Crippen LogP contribution >= 0.6 is 0 Å². The van der Waals surface area contributed by atoms with Crippen molar-refractivity contribution in [1.29, 1.82) is 0 Å². The second-order valence-corrected chi connectivity index (χ2v) is 4.53. The zero-order valence-electron chi connectivity index (χ0n) is 10.9. The van der Waals surface area contributed by atoms with Crippen LogP contribution in [0.1, 0.15) is 25.8 Å². The van der Waals surface area contributed by atoms with Crippen LogP contribution in [0.4, 0.5) is 4.39 Å². The van der Waals surface area contributed by atoms with Crippen LogP contribution in [0.3, 0.4) is 0 Å². The van der Waals surface area contributed by atoms with Crippen molar-refractivity contribution < 1.29 is 9.13 Å². The summed E-state index contributed by atoms with van der Waals surface area (Å²) in [4.78, 5) is 0. The van der Waals surface area contributed by atoms with Gasteiger partial charge in [0, 0.05) is 18.5 Å². The molecule has 0 aliphatic rings. The van der Waals surface area contributed by atoms with E-state index in [1.807, 2.05) is 6.92 Å². The Morgan fingerprint density at radius 3 is 2.88 bits per heavy atom. The van der Waals surface area contributed by atoms with E-state index in [1.165, 1.54) is 12.1 Å². The topological polar surface area (TPSA) is 21.3 Å². The van der Waals surface area contributed by atoms with Crippen LogP contribution in [-0.4, -0.2) is 19.7 Å². The Morgan fingerprint density at radius 1 is 1.41 bits per heavy atom. The molecule has 0 spiro atoms. The molecule has 0 aromatic heterocycles. The predicted octanol–water partition coefficient (Wildman–Crippen LogP) is 3.15. The first-order valence-corrected chi connectivity index (χ1v) is 6.23. The van der Waals surface area contributed by atoms with Crippen molar-refractivity contribution in [1.82, 2.24) is 5.32 Å². The van der Waals surface area contributed by atoms with Gasteiger partial charge in [-0.1, -0.05) is 19.9 Å². The van der Waals surface area contributed by atoms with Gasteiger partial charge in [-0.25, -0.2) is 4.39 Å². The summed E-state index contributed by atoms with van der Waals surface area (Å²) in [6.45, 7) is 8.77. The van der Waals surface area contributed by atoms with Crippen LogP contribution in [0.2, 0.25) is 0 Å². The molecule has 1 rings (SSSR count). The quantitative estimate of drug-likeness (QED) is 0.738. The van der Waals surface area contributed by atoms with E-state index in [9.17, 15) is 4.39 Å². The highest BCUT2D eigenvalue weighted by atomic mass is 19.1. The number of aryl methyl sites for hydroxylation is 1. The monoisotopic (exact) mass is 239 g/mol. The summed E-state index contributed by atoms with van der Waals surface area (Å²) in [6.07, 6.45) is 1.14. The molecule has 0 bridgehead atoms. The van der Waals surface area contributed by atoms with Gasteiger partial charge in [-0.2, -0.15) is 0 Å². The van der Waals surface area contributed by atoms with E-state index < -0.39 is 0 Å². The lowest BCUT2D eigenvalue weighted by Gasteiger charge is -2.15. The van der Waals surface area contributed by atoms with Gasteiger partial charge in [0.05, 0.1) is 6.61 Å². The van der Waals surface area contributed by atoms with Crippen LogP contribution in [0.25, 0.3) is 0 Å². The Balaban J connectivity index is 2.36. The summed E-state index contributed by atoms with van der Waals surface area (Å²) in [6, 6.07) is 4.64. The number of hydrogen-bond donors (Lipinski definition) is 1. The highest BCUT2D eigenvalue weighted by Crippen LogP contribution is 2.19. The molecule has 0 fully saturated rings. The van der Waals surface area contributed by atoms with Crippen LogP contribution in [-0.2, 0) is 0 Å². The highest BCUT2D eigenvalue weighted by molar-refractivity contribution is 5.32. The van der Waals surface area contributed by atoms with Gasteiger partial charge in [0.15, 0.2) is 0 Å². The van der Waals surface area contributed by atoms with Gasteiger partial charge in [-0.15, -0.1) is 0 Å². The molecule has 1 N–H and O–H groups in total. The van der Waals surface area contributed by atoms with Crippen LogP contribution in [0.5, 0.6) is 5.75 Å². The Morgan fingerprint density at radius 2 is 2.18 bits per heavy atom. The van der Waals surface area contributed by atoms with Crippen LogP contribution in [0.15, 0.2) is 18.2 Å². The smallest absolute Gasteiger partial charge is 0.126 e. The van der Waals surface area contributed by atoms with Gasteiger partial charge in [0.25, 0.3) is 0 Å². The van der Waals surface area contributed by atoms with Gasteiger partial charge in [-0.3, -0.25) is 0 Å². The molecular formula is C14H22FNO. The van der Waals surface area contributed by atoms with Crippen LogP contribution in [0, 0.1) is 18.7 Å². The maximum absolute atomic E-state index is 13.0. The Hall–Kier alpha value is -1.09. The number of halogens is 1. The van der Waals surface area contributed by atoms with Gasteiger partial charge < -0.3 is 10.1 Å². The third-order valence-corrected chi connectivity index (χ3v) is 2.59. The number of ether oxygens (including phenoxy) is 1. The lowest BCUT2D eigenvalue weighted by atomic mass is 10.2. The van der Waals surface area contributed by atoms with Gasteiger partial charge in [0.2, 0.25) is 0 Å². The van der Waals surface area contributed by atoms with E-state index in [-0.39, 0.29) is 5.82 Å². The van der Waals surface area contributed by atoms with Crippen molar-refractivity contribution in [2.45, 2.75) is 27.2 Å². The number of nitrogens with one attached hydrogen (secondary N) is 1. The van der Waals surface area contributed by atoms with E-state index in [0.29, 0.717) is 18.3 Å². The first-order valence-electron chi connectivity index (χ1n) is 6.23. The molecule has 0 amide bonds. The fourth-order valence-electron chi connectivity index (χ4n) is 1.55. The molecule has 0 aliphatic heterocycles. The summed E-state index contributed by atoms with van der Waals surface area (Å²) >= 11 is 0. The third kappa shape index (κ3) is 5.18. The SMILES string of the molecule is CCCNCC(C)COc1cc(F)ccc1C. The average Bonchev–Trinajstić information content (AvgIpc) is 2.31. The van der Waals surface area contributed by atoms with Gasteiger partial charge in [-0.05, 0) is 31.5 Å². The molecule has 17 heavy (non-hydrogen) atoms. The van der Waals surface area contributed by atoms with E-state index in [1.54, 1.807) is 6.07 Å². The first kappa shape index (κ1) is 14.0. The van der Waals surface area contributed by atoms with E-state index >= 15 is 0 Å². The van der Waals surface area contributed by atoms with Crippen molar-refractivity contribution in [2.75, 3.05) is 19.7 Å². The van der Waals surface area contributed by atoms with Gasteiger partial charge in [0.1, 0.15) is 11.6 Å². The van der Waals surface area contributed by atoms with Crippen molar-refractivity contribution in [3.05, 3.63) is 29.6 Å². The summed E-state index contributed by atoms with van der Waals surface area (Å²) in [5, 5.41) is 3.34. The molecule has 3 heteroatoms. The molecule has 0 saturated carbocycles. The van der Waals surface area contributed by atoms with Crippen LogP contribution < -0.4 is 10.1 Å². The minimum Gasteiger partial charge on any atom is -0.493 e. The van der Waals surface area contributed by atoms with E-state index in [0.717, 1.165) is 25.1 Å². The molecule has 0 saturated heterocycles. The molecule has 0 aliphatic carbocycles. The Bertz CT molecular complexity index is 341. The lowest BCUT2D eigenvalue weighted by Crippen LogP contribution is -2.25. The standard InChI is InChI=1S/C14H22FNO/c1-4-7-16-9-11(2)10-17-14-8-13(15)6-5-12(14)3/h5-6,8,11,16H,4,7,9-10H2,1-3H3. The normalized spacial score (nSPS) is 12.5. The summed E-state index contributed by atoms with van der Waals surface area (Å²) in [5.74, 6) is 0.818. The molecule has 96 valence electrons. The number of hydrogen-bond acceptors (Lipinski definition) is 2. The fourth-order valence-corrected chi connectivity index (χ4v) is 1.55. The number of benzene rings is 1. The fraction of sp³-hybridized carbons (Fsp3) is 0.571. The molecule has 0 radical (unpaired) electrons. The van der Waals surface area contributed by atoms with Gasteiger partial charge >= 0.3 is 0 Å². The first-order chi connectivity index (χ1) is 8.13. The second kappa shape index (κ2) is 7.28. The highest BCUT2D eigenvalue weighted by Gasteiger charge is 2.05. The summed E-state index contributed by atoms with van der Waals surface area (Å²) in [5.41, 5.74) is 0.972. The molecular weight excluding hydrogens is 217 g/mol. The lowest BCUT2D eigenvalue weighted by molar-refractivity contribution is 0.253. The zero-order chi connectivity index (χ0) is 12.7. The van der Waals surface area contributed by atoms with E-state index in [4.69, 9.17) is 4.74 Å². The predicted molar refractivity (Wildman–Crippen MR) is 69.0 cm³/mol. The number of rotatable bonds is 7. The largest absolute Gasteiger partial charge is 0.493 e. The van der Waals surface area contributed by atoms with Crippen molar-refractivity contribution in [3.63, 3.8) is 0 Å². The Labute approximate surface area is 103 Å². The third-order valence-electron chi connectivity index (χ3n) is 2.59. The maximum atomic E-state index is 13.0. The second-order valence-electron chi connectivity index (χ2n) is 4.53. The van der Waals surface area contributed by atoms with Crippen molar-refractivity contribution in [2.24, 2.45) is 5.92 Å². The minimum atomic E-state index is -0.248. The minimum absolute atomic E-state index is 0.248. The summed E-state index contributed by atoms with van der Waals surface area (Å²) < 4.78 is 18.7. The average molecular weight is 239 g/mol. The summed E-state index contributed by atoms with van der Waals surface area (Å²) in [7, 11) is 0. The Kier molecular flexibility index (Phi) is 5.98. The molecule has 1 unspecified atom stereocenters. The molecule has 1 aromatic rings. The molecule has 1 atom stereocenters. The molecule has 1 aromatic carbocycles. The molecule has 0 heterocycles. The van der Waals surface area contributed by atoms with Crippen molar-refractivity contribution >= 4 is 0 Å². The van der Waals surface area contributed by atoms with E-state index in [2.05, 4.69) is 19.2 Å².